The molecule has 0 aliphatic carbocycles. The Morgan fingerprint density at radius 3 is 2.23 bits per heavy atom. The first kappa shape index (κ1) is 20.2. The minimum atomic E-state index is -1.23. The van der Waals surface area contributed by atoms with Crippen LogP contribution in [-0.2, 0) is 0 Å². The number of halogens is 3. The van der Waals surface area contributed by atoms with E-state index in [-0.39, 0.29) is 34.0 Å². The number of fused-ring (bicyclic) bond motifs is 1. The van der Waals surface area contributed by atoms with E-state index in [0.717, 1.165) is 18.2 Å². The van der Waals surface area contributed by atoms with Gasteiger partial charge in [-0.05, 0) is 55.5 Å². The molecule has 1 heterocycles. The summed E-state index contributed by atoms with van der Waals surface area (Å²) in [5.41, 5.74) is -1.25. The van der Waals surface area contributed by atoms with Gasteiger partial charge in [0, 0.05) is 6.07 Å². The van der Waals surface area contributed by atoms with Gasteiger partial charge in [0.05, 0.1) is 5.39 Å². The number of aryl methyl sites for hydroxylation is 1. The average Bonchev–Trinajstić information content (AvgIpc) is 2.72. The minimum Gasteiger partial charge on any atom is -0.457 e. The molecule has 0 saturated heterocycles. The summed E-state index contributed by atoms with van der Waals surface area (Å²) in [4.78, 5) is 25.0. The van der Waals surface area contributed by atoms with Crippen molar-refractivity contribution in [1.82, 2.24) is 0 Å². The molecular weight excluding hydrogens is 413 g/mol. The summed E-state index contributed by atoms with van der Waals surface area (Å²) in [5, 5.41) is 0.125. The Kier molecular flexibility index (Phi) is 5.21. The van der Waals surface area contributed by atoms with Crippen LogP contribution >= 0.6 is 0 Å². The molecule has 0 saturated carbocycles. The molecule has 0 aliphatic rings. The Hall–Kier alpha value is -4.07. The van der Waals surface area contributed by atoms with Crippen LogP contribution in [0.5, 0.6) is 17.2 Å². The van der Waals surface area contributed by atoms with Gasteiger partial charge in [0.1, 0.15) is 45.9 Å². The summed E-state index contributed by atoms with van der Waals surface area (Å²) in [6.07, 6.45) is 0. The molecule has 156 valence electrons. The number of hydrogen-bond acceptors (Lipinski definition) is 5. The fourth-order valence-electron chi connectivity index (χ4n) is 2.92. The Labute approximate surface area is 173 Å². The molecule has 31 heavy (non-hydrogen) atoms. The van der Waals surface area contributed by atoms with E-state index in [1.54, 1.807) is 0 Å². The van der Waals surface area contributed by atoms with Crippen LogP contribution in [0, 0.1) is 24.4 Å². The van der Waals surface area contributed by atoms with Crippen LogP contribution in [0.25, 0.3) is 11.0 Å². The van der Waals surface area contributed by atoms with Crippen molar-refractivity contribution in [3.05, 3.63) is 99.7 Å². The van der Waals surface area contributed by atoms with Gasteiger partial charge in [0.2, 0.25) is 11.2 Å². The van der Waals surface area contributed by atoms with Gasteiger partial charge >= 0.3 is 5.97 Å². The van der Waals surface area contributed by atoms with Gasteiger partial charge in [0.15, 0.2) is 0 Å². The number of carbonyl (C=O) groups is 1. The van der Waals surface area contributed by atoms with E-state index in [2.05, 4.69) is 0 Å². The second-order valence-corrected chi connectivity index (χ2v) is 6.52. The highest BCUT2D eigenvalue weighted by Gasteiger charge is 2.20. The second kappa shape index (κ2) is 7.98. The van der Waals surface area contributed by atoms with Gasteiger partial charge in [-0.25, -0.2) is 18.0 Å². The lowest BCUT2D eigenvalue weighted by Gasteiger charge is -2.10. The Bertz CT molecular complexity index is 1340. The largest absolute Gasteiger partial charge is 0.457 e. The van der Waals surface area contributed by atoms with E-state index in [0.29, 0.717) is 0 Å². The molecule has 0 amide bonds. The van der Waals surface area contributed by atoms with Crippen molar-refractivity contribution in [1.29, 1.82) is 0 Å². The third-order valence-electron chi connectivity index (χ3n) is 4.40. The monoisotopic (exact) mass is 426 g/mol. The molecule has 3 aromatic carbocycles. The number of ether oxygens (including phenoxy) is 2. The highest BCUT2D eigenvalue weighted by Crippen LogP contribution is 2.28. The van der Waals surface area contributed by atoms with Gasteiger partial charge in [-0.15, -0.1) is 0 Å². The van der Waals surface area contributed by atoms with E-state index in [9.17, 15) is 22.8 Å². The average molecular weight is 426 g/mol. The maximum absolute atomic E-state index is 13.8. The molecule has 0 spiro atoms. The Morgan fingerprint density at radius 2 is 1.55 bits per heavy atom. The number of carbonyl (C=O) groups excluding carboxylic acids is 1. The van der Waals surface area contributed by atoms with Crippen molar-refractivity contribution in [2.75, 3.05) is 0 Å². The van der Waals surface area contributed by atoms with Crippen LogP contribution in [0.2, 0.25) is 0 Å². The van der Waals surface area contributed by atoms with Crippen molar-refractivity contribution in [3.8, 4) is 17.2 Å². The zero-order chi connectivity index (χ0) is 22.1. The number of esters is 1. The molecule has 0 bridgehead atoms. The fourth-order valence-corrected chi connectivity index (χ4v) is 2.92. The molecule has 0 aliphatic heterocycles. The molecular formula is C23H13F3O5. The third-order valence-corrected chi connectivity index (χ3v) is 4.40. The lowest BCUT2D eigenvalue weighted by molar-refractivity contribution is 0.0724. The summed E-state index contributed by atoms with van der Waals surface area (Å²) >= 11 is 0. The third kappa shape index (κ3) is 4.00. The van der Waals surface area contributed by atoms with Crippen molar-refractivity contribution in [2.45, 2.75) is 6.92 Å². The summed E-state index contributed by atoms with van der Waals surface area (Å²) in [5.74, 6) is -3.59. The van der Waals surface area contributed by atoms with Crippen molar-refractivity contribution in [3.63, 3.8) is 0 Å². The molecule has 0 N–H and O–H groups in total. The Balaban J connectivity index is 1.66. The fraction of sp³-hybridized carbons (Fsp3) is 0.0435. The topological polar surface area (TPSA) is 65.7 Å². The van der Waals surface area contributed by atoms with Crippen LogP contribution in [0.3, 0.4) is 0 Å². The Morgan fingerprint density at radius 1 is 0.903 bits per heavy atom. The molecule has 5 nitrogen and oxygen atoms in total. The lowest BCUT2D eigenvalue weighted by atomic mass is 10.2. The van der Waals surface area contributed by atoms with Crippen LogP contribution < -0.4 is 14.9 Å². The first-order valence-electron chi connectivity index (χ1n) is 9.00. The summed E-state index contributed by atoms with van der Waals surface area (Å²) in [7, 11) is 0. The molecule has 0 fully saturated rings. The molecule has 4 aromatic rings. The SMILES string of the molecule is Cc1oc2cc(OC(=O)c3c(F)cccc3F)ccc2c(=O)c1Oc1ccc(F)cc1. The zero-order valence-electron chi connectivity index (χ0n) is 15.9. The maximum atomic E-state index is 13.8. The number of hydrogen-bond donors (Lipinski definition) is 0. The maximum Gasteiger partial charge on any atom is 0.349 e. The first-order chi connectivity index (χ1) is 14.8. The first-order valence-corrected chi connectivity index (χ1v) is 9.00. The van der Waals surface area contributed by atoms with E-state index >= 15 is 0 Å². The molecule has 4 rings (SSSR count). The number of rotatable bonds is 4. The van der Waals surface area contributed by atoms with Crippen molar-refractivity contribution >= 4 is 16.9 Å². The van der Waals surface area contributed by atoms with Crippen LogP contribution in [0.4, 0.5) is 13.2 Å². The smallest absolute Gasteiger partial charge is 0.349 e. The molecule has 0 radical (unpaired) electrons. The zero-order valence-corrected chi connectivity index (χ0v) is 15.9. The highest BCUT2D eigenvalue weighted by molar-refractivity contribution is 5.92. The summed E-state index contributed by atoms with van der Waals surface area (Å²) in [6.45, 7) is 1.49. The van der Waals surface area contributed by atoms with Crippen molar-refractivity contribution < 1.29 is 31.9 Å². The highest BCUT2D eigenvalue weighted by atomic mass is 19.1. The normalized spacial score (nSPS) is 10.8. The van der Waals surface area contributed by atoms with Crippen LogP contribution in [0.1, 0.15) is 16.1 Å². The molecule has 0 atom stereocenters. The molecule has 8 heteroatoms. The van der Waals surface area contributed by atoms with E-state index in [1.165, 1.54) is 49.4 Å². The summed E-state index contributed by atoms with van der Waals surface area (Å²) < 4.78 is 56.8. The van der Waals surface area contributed by atoms with Gasteiger partial charge < -0.3 is 13.9 Å². The van der Waals surface area contributed by atoms with Gasteiger partial charge in [-0.3, -0.25) is 4.79 Å². The molecule has 1 aromatic heterocycles. The van der Waals surface area contributed by atoms with E-state index < -0.39 is 34.4 Å². The summed E-state index contributed by atoms with van der Waals surface area (Å²) in [6, 6.07) is 12.0. The quantitative estimate of drug-likeness (QED) is 0.317. The molecule has 0 unspecified atom stereocenters. The van der Waals surface area contributed by atoms with Gasteiger partial charge in [0.25, 0.3) is 0 Å². The second-order valence-electron chi connectivity index (χ2n) is 6.52. The predicted molar refractivity (Wildman–Crippen MR) is 105 cm³/mol. The predicted octanol–water partition coefficient (Wildman–Crippen LogP) is 5.53. The van der Waals surface area contributed by atoms with Gasteiger partial charge in [-0.2, -0.15) is 0 Å². The van der Waals surface area contributed by atoms with E-state index in [4.69, 9.17) is 13.9 Å². The van der Waals surface area contributed by atoms with Gasteiger partial charge in [-0.1, -0.05) is 6.07 Å². The minimum absolute atomic E-state index is 0.0742. The van der Waals surface area contributed by atoms with E-state index in [1.807, 2.05) is 0 Å². The van der Waals surface area contributed by atoms with Crippen LogP contribution in [-0.4, -0.2) is 5.97 Å². The van der Waals surface area contributed by atoms with Crippen molar-refractivity contribution in [2.24, 2.45) is 0 Å². The van der Waals surface area contributed by atoms with Crippen LogP contribution in [0.15, 0.2) is 69.9 Å². The standard InChI is InChI=1S/C23H13F3O5/c1-12-22(30-14-7-5-13(24)6-8-14)21(27)16-10-9-15(11-19(16)29-12)31-23(28)20-17(25)3-2-4-18(20)26/h2-11H,1H3. The lowest BCUT2D eigenvalue weighted by Crippen LogP contribution is -2.13. The number of benzene rings is 3.